The van der Waals surface area contributed by atoms with E-state index in [4.69, 9.17) is 0 Å². The van der Waals surface area contributed by atoms with Crippen LogP contribution in [0, 0.1) is 0 Å². The predicted molar refractivity (Wildman–Crippen MR) is 314 cm³/mol. The molecule has 2 heteroatoms. The normalized spacial score (nSPS) is 13.8. The van der Waals surface area contributed by atoms with Gasteiger partial charge in [0.15, 0.2) is 0 Å². The van der Waals surface area contributed by atoms with Gasteiger partial charge in [-0.15, -0.1) is 0 Å². The number of benzene rings is 13. The summed E-state index contributed by atoms with van der Waals surface area (Å²) in [6.07, 6.45) is 3.35. The van der Waals surface area contributed by atoms with Crippen LogP contribution in [0.5, 0.6) is 0 Å². The first-order valence-electron chi connectivity index (χ1n) is 25.8. The third kappa shape index (κ3) is 6.72. The Morgan fingerprint density at radius 2 is 0.824 bits per heavy atom. The van der Waals surface area contributed by atoms with E-state index >= 15 is 0 Å². The third-order valence-corrected chi connectivity index (χ3v) is 15.8. The maximum absolute atomic E-state index is 2.60. The zero-order chi connectivity index (χ0) is 48.7. The van der Waals surface area contributed by atoms with E-state index in [-0.39, 0.29) is 6.04 Å². The minimum atomic E-state index is 0.132. The minimum absolute atomic E-state index is 0.132. The maximum Gasteiger partial charge on any atom is 0.0626 e. The molecule has 14 aromatic rings. The molecule has 346 valence electrons. The van der Waals surface area contributed by atoms with Crippen molar-refractivity contribution in [3.63, 3.8) is 0 Å². The molecule has 0 aliphatic carbocycles. The number of aromatic nitrogens is 1. The lowest BCUT2D eigenvalue weighted by Gasteiger charge is -2.31. The van der Waals surface area contributed by atoms with E-state index in [1.807, 2.05) is 0 Å². The second kappa shape index (κ2) is 17.1. The van der Waals surface area contributed by atoms with Gasteiger partial charge in [0.05, 0.1) is 17.4 Å². The zero-order valence-electron chi connectivity index (χ0n) is 40.7. The molecule has 2 nitrogen and oxygen atoms in total. The van der Waals surface area contributed by atoms with Crippen molar-refractivity contribution in [2.45, 2.75) is 12.5 Å². The van der Waals surface area contributed by atoms with Crippen LogP contribution < -0.4 is 4.90 Å². The molecule has 0 saturated carbocycles. The lowest BCUT2D eigenvalue weighted by atomic mass is 9.82. The van der Waals surface area contributed by atoms with Crippen LogP contribution in [0.15, 0.2) is 273 Å². The highest BCUT2D eigenvalue weighted by Crippen LogP contribution is 2.51. The molecule has 0 N–H and O–H groups in total. The SMILES string of the molecule is C1=C(c2ccccc2)N(c2ccc3c(-c4ccc5ccc6cccc7ccc4c5c67)c4cc(-n5c(-c6ccccc6)ccc5-c5ccccc5)ccc4c(-c4ccc5ccccc5c4)c3c2)C(c2ccccc2)C1. The summed E-state index contributed by atoms with van der Waals surface area (Å²) >= 11 is 0. The Kier molecular flexibility index (Phi) is 9.74. The van der Waals surface area contributed by atoms with Crippen LogP contribution in [0.2, 0.25) is 0 Å². The Morgan fingerprint density at radius 1 is 0.311 bits per heavy atom. The van der Waals surface area contributed by atoms with Crippen molar-refractivity contribution in [1.82, 2.24) is 4.57 Å². The van der Waals surface area contributed by atoms with Crippen molar-refractivity contribution in [2.75, 3.05) is 4.90 Å². The summed E-state index contributed by atoms with van der Waals surface area (Å²) in [7, 11) is 0. The van der Waals surface area contributed by atoms with Crippen LogP contribution >= 0.6 is 0 Å². The number of anilines is 1. The molecule has 0 radical (unpaired) electrons. The standard InChI is InChI=1S/C72H48N2/c1-5-17-48(18-6-1)65-40-41-66(49-19-7-2-8-20-49)73(65)57-35-39-62-63(45-57)70(56-31-28-47-16-13-14-25-55(47)44-56)61-38-34-58(74-67(50-21-9-3-10-22-50)42-43-68(74)51-23-11-4-12-24-51)46-64(61)72(62)60-37-33-54-30-29-52-26-15-27-53-32-36-59(60)71(54)69(52)53/h1-40,42-46,66H,41H2. The summed E-state index contributed by atoms with van der Waals surface area (Å²) in [5.41, 5.74) is 15.6. The highest BCUT2D eigenvalue weighted by atomic mass is 15.2. The zero-order valence-corrected chi connectivity index (χ0v) is 40.7. The summed E-state index contributed by atoms with van der Waals surface area (Å²) in [4.78, 5) is 2.60. The van der Waals surface area contributed by atoms with Gasteiger partial charge in [0.25, 0.3) is 0 Å². The van der Waals surface area contributed by atoms with Crippen molar-refractivity contribution in [2.24, 2.45) is 0 Å². The highest BCUT2D eigenvalue weighted by molar-refractivity contribution is 6.30. The second-order valence-electron chi connectivity index (χ2n) is 19.9. The monoisotopic (exact) mass is 940 g/mol. The van der Waals surface area contributed by atoms with Gasteiger partial charge in [-0.2, -0.15) is 0 Å². The van der Waals surface area contributed by atoms with Gasteiger partial charge in [-0.3, -0.25) is 0 Å². The fourth-order valence-electron chi connectivity index (χ4n) is 12.5. The van der Waals surface area contributed by atoms with Crippen LogP contribution in [0.4, 0.5) is 5.69 Å². The average Bonchev–Trinajstić information content (AvgIpc) is 4.14. The summed E-state index contributed by atoms with van der Waals surface area (Å²) in [6.45, 7) is 0. The van der Waals surface area contributed by atoms with Gasteiger partial charge in [0.1, 0.15) is 0 Å². The molecular weight excluding hydrogens is 893 g/mol. The minimum Gasteiger partial charge on any atom is -0.333 e. The van der Waals surface area contributed by atoms with Crippen LogP contribution in [-0.2, 0) is 0 Å². The van der Waals surface area contributed by atoms with Crippen molar-refractivity contribution >= 4 is 76.0 Å². The first-order valence-corrected chi connectivity index (χ1v) is 25.8. The smallest absolute Gasteiger partial charge is 0.0626 e. The molecule has 0 spiro atoms. The molecule has 0 saturated heterocycles. The van der Waals surface area contributed by atoms with Crippen molar-refractivity contribution < 1.29 is 0 Å². The first-order chi connectivity index (χ1) is 36.7. The van der Waals surface area contributed by atoms with Gasteiger partial charge >= 0.3 is 0 Å². The van der Waals surface area contributed by atoms with Gasteiger partial charge in [-0.25, -0.2) is 0 Å². The molecule has 1 unspecified atom stereocenters. The van der Waals surface area contributed by atoms with Crippen LogP contribution in [-0.4, -0.2) is 4.57 Å². The Hall–Kier alpha value is -9.50. The molecule has 1 aliphatic rings. The van der Waals surface area contributed by atoms with E-state index in [1.165, 1.54) is 121 Å². The number of nitrogens with zero attached hydrogens (tertiary/aromatic N) is 2. The highest BCUT2D eigenvalue weighted by Gasteiger charge is 2.31. The lowest BCUT2D eigenvalue weighted by Crippen LogP contribution is -2.22. The van der Waals surface area contributed by atoms with E-state index in [0.717, 1.165) is 23.5 Å². The van der Waals surface area contributed by atoms with Crippen LogP contribution in [0.25, 0.3) is 121 Å². The molecule has 0 bridgehead atoms. The Bertz CT molecular complexity index is 4420. The Balaban J connectivity index is 1.08. The van der Waals surface area contributed by atoms with Crippen LogP contribution in [0.1, 0.15) is 23.6 Å². The van der Waals surface area contributed by atoms with Gasteiger partial charge in [0.2, 0.25) is 0 Å². The number of fused-ring (bicyclic) bond motifs is 3. The third-order valence-electron chi connectivity index (χ3n) is 15.8. The van der Waals surface area contributed by atoms with Gasteiger partial charge in [-0.1, -0.05) is 231 Å². The fraction of sp³-hybridized carbons (Fsp3) is 0.0278. The van der Waals surface area contributed by atoms with Gasteiger partial charge < -0.3 is 9.47 Å². The average molecular weight is 941 g/mol. The molecule has 74 heavy (non-hydrogen) atoms. The van der Waals surface area contributed by atoms with E-state index in [9.17, 15) is 0 Å². The van der Waals surface area contributed by atoms with Gasteiger partial charge in [0, 0.05) is 17.1 Å². The molecule has 15 rings (SSSR count). The van der Waals surface area contributed by atoms with E-state index in [1.54, 1.807) is 0 Å². The first kappa shape index (κ1) is 42.2. The largest absolute Gasteiger partial charge is 0.333 e. The summed E-state index contributed by atoms with van der Waals surface area (Å²) in [5, 5.41) is 15.0. The number of rotatable bonds is 8. The summed E-state index contributed by atoms with van der Waals surface area (Å²) < 4.78 is 2.47. The second-order valence-corrected chi connectivity index (χ2v) is 19.9. The summed E-state index contributed by atoms with van der Waals surface area (Å²) in [6, 6.07) is 99.5. The molecule has 0 amide bonds. The number of hydrogen-bond donors (Lipinski definition) is 0. The molecule has 13 aromatic carbocycles. The predicted octanol–water partition coefficient (Wildman–Crippen LogP) is 19.5. The van der Waals surface area contributed by atoms with Crippen LogP contribution in [0.3, 0.4) is 0 Å². The summed E-state index contributed by atoms with van der Waals surface area (Å²) in [5.74, 6) is 0. The van der Waals surface area contributed by atoms with Crippen molar-refractivity contribution in [1.29, 1.82) is 0 Å². The molecule has 1 atom stereocenters. The Morgan fingerprint density at radius 3 is 1.53 bits per heavy atom. The molecule has 2 heterocycles. The maximum atomic E-state index is 2.60. The van der Waals surface area contributed by atoms with E-state index < -0.39 is 0 Å². The van der Waals surface area contributed by atoms with Crippen molar-refractivity contribution in [3.05, 3.63) is 284 Å². The van der Waals surface area contributed by atoms with Crippen molar-refractivity contribution in [3.8, 4) is 50.5 Å². The number of hydrogen-bond acceptors (Lipinski definition) is 1. The Labute approximate surface area is 430 Å². The van der Waals surface area contributed by atoms with Gasteiger partial charge in [-0.05, 0) is 158 Å². The van der Waals surface area contributed by atoms with E-state index in [2.05, 4.69) is 282 Å². The quantitative estimate of drug-likeness (QED) is 0.109. The fourth-order valence-corrected chi connectivity index (χ4v) is 12.5. The lowest BCUT2D eigenvalue weighted by molar-refractivity contribution is 0.749. The molecule has 1 aliphatic heterocycles. The molecule has 0 fully saturated rings. The molecular formula is C72H48N2. The topological polar surface area (TPSA) is 8.17 Å². The van der Waals surface area contributed by atoms with E-state index in [0.29, 0.717) is 0 Å². The molecule has 1 aromatic heterocycles.